The number of carbonyl (C=O) groups is 2. The van der Waals surface area contributed by atoms with Gasteiger partial charge in [-0.2, -0.15) is 18.3 Å². The zero-order chi connectivity index (χ0) is 28.1. The van der Waals surface area contributed by atoms with Gasteiger partial charge in [-0.3, -0.25) is 9.89 Å². The maximum atomic E-state index is 11.4. The number of halogens is 3. The number of aryl methyl sites for hydroxylation is 1. The van der Waals surface area contributed by atoms with E-state index in [2.05, 4.69) is 40.0 Å². The van der Waals surface area contributed by atoms with E-state index in [4.69, 9.17) is 9.90 Å². The number of nitrogens with zero attached hydrogens (tertiary/aromatic N) is 3. The molecule has 0 atom stereocenters. The molecule has 8 nitrogen and oxygen atoms in total. The normalized spacial score (nSPS) is 11.6. The summed E-state index contributed by atoms with van der Waals surface area (Å²) in [5.41, 5.74) is 2.20. The van der Waals surface area contributed by atoms with Gasteiger partial charge in [0, 0.05) is 36.7 Å². The Balaban J connectivity index is 0.000000856. The quantitative estimate of drug-likeness (QED) is 0.167. The Labute approximate surface area is 224 Å². The average molecular weight is 567 g/mol. The summed E-state index contributed by atoms with van der Waals surface area (Å²) in [6.45, 7) is 9.71. The number of aromatic nitrogens is 3. The molecule has 0 spiro atoms. The number of carboxylic acids is 2. The number of nitrogens with one attached hydrogen (secondary N) is 1. The molecule has 0 amide bonds. The maximum Gasteiger partial charge on any atom is 0.490 e. The first-order valence-corrected chi connectivity index (χ1v) is 14.0. The molecule has 0 aliphatic rings. The average Bonchev–Trinajstić information content (AvgIpc) is 3.45. The van der Waals surface area contributed by atoms with Crippen molar-refractivity contribution >= 4 is 40.9 Å². The number of hydrogen-bond acceptors (Lipinski definition) is 7. The predicted molar refractivity (Wildman–Crippen MR) is 141 cm³/mol. The standard InChI is InChI=1S/C22H36N4O2S2.C2HF3O2/c1-5-7-8-9-10-13-26(19-15-17(11-6-2)24-25-19)14-12-18-16-29-21(23-18)30-22(3,4)20(27)28;3-2(4,5)1(6)7/h15-16H,5-14H2,1-4H3,(H,24,25)(H,27,28);(H,6,7). The van der Waals surface area contributed by atoms with Crippen molar-refractivity contribution in [3.8, 4) is 0 Å². The van der Waals surface area contributed by atoms with Crippen molar-refractivity contribution in [2.24, 2.45) is 0 Å². The molecule has 37 heavy (non-hydrogen) atoms. The summed E-state index contributed by atoms with van der Waals surface area (Å²) in [7, 11) is 0. The fourth-order valence-electron chi connectivity index (χ4n) is 3.12. The van der Waals surface area contributed by atoms with E-state index in [1.54, 1.807) is 13.8 Å². The topological polar surface area (TPSA) is 119 Å². The van der Waals surface area contributed by atoms with Crippen LogP contribution in [0.15, 0.2) is 15.8 Å². The first-order valence-electron chi connectivity index (χ1n) is 12.3. The largest absolute Gasteiger partial charge is 0.490 e. The van der Waals surface area contributed by atoms with Gasteiger partial charge in [-0.15, -0.1) is 11.3 Å². The van der Waals surface area contributed by atoms with Crippen molar-refractivity contribution in [1.29, 1.82) is 0 Å². The second-order valence-electron chi connectivity index (χ2n) is 8.98. The summed E-state index contributed by atoms with van der Waals surface area (Å²) >= 11 is 2.84. The molecule has 2 heterocycles. The number of hydrogen-bond donors (Lipinski definition) is 3. The number of thiazole rings is 1. The summed E-state index contributed by atoms with van der Waals surface area (Å²) in [5, 5.41) is 26.2. The summed E-state index contributed by atoms with van der Waals surface area (Å²) < 4.78 is 31.7. The van der Waals surface area contributed by atoms with Gasteiger partial charge in [0.25, 0.3) is 0 Å². The van der Waals surface area contributed by atoms with Crippen LogP contribution in [-0.2, 0) is 22.4 Å². The lowest BCUT2D eigenvalue weighted by Gasteiger charge is -2.22. The molecule has 0 radical (unpaired) electrons. The first-order chi connectivity index (χ1) is 17.3. The van der Waals surface area contributed by atoms with Crippen LogP contribution < -0.4 is 4.90 Å². The number of anilines is 1. The van der Waals surface area contributed by atoms with Crippen molar-refractivity contribution in [2.45, 2.75) is 94.3 Å². The van der Waals surface area contributed by atoms with E-state index in [0.717, 1.165) is 48.2 Å². The van der Waals surface area contributed by atoms with Crippen LogP contribution in [0.25, 0.3) is 0 Å². The van der Waals surface area contributed by atoms with Gasteiger partial charge in [0.05, 0.1) is 5.69 Å². The van der Waals surface area contributed by atoms with Gasteiger partial charge in [0.1, 0.15) is 4.75 Å². The number of carboxylic acid groups (broad SMARTS) is 2. The minimum atomic E-state index is -5.08. The lowest BCUT2D eigenvalue weighted by atomic mass is 10.1. The van der Waals surface area contributed by atoms with Crippen LogP contribution in [0, 0.1) is 0 Å². The number of H-pyrrole nitrogens is 1. The van der Waals surface area contributed by atoms with E-state index in [-0.39, 0.29) is 0 Å². The molecule has 0 unspecified atom stereocenters. The Kier molecular flexibility index (Phi) is 14.0. The molecule has 13 heteroatoms. The molecule has 0 aliphatic heterocycles. The zero-order valence-electron chi connectivity index (χ0n) is 21.7. The fourth-order valence-corrected chi connectivity index (χ4v) is 5.34. The SMILES string of the molecule is CCCCCCCN(CCc1csc(SC(C)(C)C(=O)O)n1)c1cc(CCC)[nH]n1.O=C(O)C(F)(F)F. The number of unbranched alkanes of at least 4 members (excludes halogenated alkanes) is 4. The zero-order valence-corrected chi connectivity index (χ0v) is 23.4. The van der Waals surface area contributed by atoms with Crippen molar-refractivity contribution < 1.29 is 33.0 Å². The van der Waals surface area contributed by atoms with E-state index < -0.39 is 22.9 Å². The van der Waals surface area contributed by atoms with Crippen molar-refractivity contribution in [3.63, 3.8) is 0 Å². The minimum Gasteiger partial charge on any atom is -0.480 e. The maximum absolute atomic E-state index is 11.4. The first kappa shape index (κ1) is 32.7. The second-order valence-corrected chi connectivity index (χ2v) is 11.7. The van der Waals surface area contributed by atoms with Gasteiger partial charge in [-0.25, -0.2) is 9.78 Å². The number of alkyl halides is 3. The summed E-state index contributed by atoms with van der Waals surface area (Å²) in [6, 6.07) is 2.17. The van der Waals surface area contributed by atoms with E-state index >= 15 is 0 Å². The third-order valence-electron chi connectivity index (χ3n) is 5.26. The van der Waals surface area contributed by atoms with Crippen molar-refractivity contribution in [3.05, 3.63) is 22.8 Å². The molecule has 0 saturated heterocycles. The molecule has 3 N–H and O–H groups in total. The number of aromatic amines is 1. The van der Waals surface area contributed by atoms with Crippen LogP contribution in [0.3, 0.4) is 0 Å². The highest BCUT2D eigenvalue weighted by molar-refractivity contribution is 8.03. The predicted octanol–water partition coefficient (Wildman–Crippen LogP) is 6.43. The monoisotopic (exact) mass is 566 g/mol. The van der Waals surface area contributed by atoms with E-state index in [0.29, 0.717) is 0 Å². The van der Waals surface area contributed by atoms with Crippen LogP contribution in [0.5, 0.6) is 0 Å². The van der Waals surface area contributed by atoms with Gasteiger partial charge in [-0.1, -0.05) is 57.7 Å². The lowest BCUT2D eigenvalue weighted by Crippen LogP contribution is -2.27. The summed E-state index contributed by atoms with van der Waals surface area (Å²) in [6.07, 6.45) is 4.13. The number of rotatable bonds is 15. The third kappa shape index (κ3) is 12.7. The van der Waals surface area contributed by atoms with Crippen LogP contribution in [0.2, 0.25) is 0 Å². The van der Waals surface area contributed by atoms with Gasteiger partial charge in [0.15, 0.2) is 10.2 Å². The Morgan fingerprint density at radius 3 is 2.24 bits per heavy atom. The van der Waals surface area contributed by atoms with Crippen LogP contribution in [-0.4, -0.2) is 61.3 Å². The molecular weight excluding hydrogens is 529 g/mol. The Bertz CT molecular complexity index is 964. The fraction of sp³-hybridized carbons (Fsp3) is 0.667. The molecule has 0 saturated carbocycles. The molecule has 0 aromatic carbocycles. The highest BCUT2D eigenvalue weighted by Gasteiger charge is 2.38. The lowest BCUT2D eigenvalue weighted by molar-refractivity contribution is -0.192. The minimum absolute atomic E-state index is 0.813. The summed E-state index contributed by atoms with van der Waals surface area (Å²) in [5.74, 6) is -2.56. The highest BCUT2D eigenvalue weighted by Crippen LogP contribution is 2.34. The second kappa shape index (κ2) is 15.9. The van der Waals surface area contributed by atoms with E-state index in [1.807, 2.05) is 5.38 Å². The highest BCUT2D eigenvalue weighted by atomic mass is 32.2. The van der Waals surface area contributed by atoms with E-state index in [1.165, 1.54) is 60.9 Å². The molecule has 2 aromatic rings. The molecular formula is C24H37F3N4O4S2. The van der Waals surface area contributed by atoms with Crippen molar-refractivity contribution in [2.75, 3.05) is 18.0 Å². The molecule has 0 bridgehead atoms. The summed E-state index contributed by atoms with van der Waals surface area (Å²) in [4.78, 5) is 27.3. The van der Waals surface area contributed by atoms with Crippen molar-refractivity contribution in [1.82, 2.24) is 15.2 Å². The van der Waals surface area contributed by atoms with Gasteiger partial charge in [-0.05, 0) is 26.7 Å². The molecule has 0 fully saturated rings. The van der Waals surface area contributed by atoms with Gasteiger partial charge in [0.2, 0.25) is 0 Å². The van der Waals surface area contributed by atoms with Gasteiger partial charge >= 0.3 is 18.1 Å². The van der Waals surface area contributed by atoms with Crippen LogP contribution in [0.4, 0.5) is 19.0 Å². The van der Waals surface area contributed by atoms with E-state index in [9.17, 15) is 23.1 Å². The number of thioether (sulfide) groups is 1. The Hall–Kier alpha value is -2.28. The smallest absolute Gasteiger partial charge is 0.480 e. The van der Waals surface area contributed by atoms with Crippen LogP contribution in [0.1, 0.15) is 77.6 Å². The Morgan fingerprint density at radius 2 is 1.68 bits per heavy atom. The Morgan fingerprint density at radius 1 is 1.03 bits per heavy atom. The number of aliphatic carboxylic acids is 2. The van der Waals surface area contributed by atoms with Gasteiger partial charge < -0.3 is 15.1 Å². The molecule has 210 valence electrons. The van der Waals surface area contributed by atoms with Crippen LogP contribution >= 0.6 is 23.1 Å². The molecule has 0 aliphatic carbocycles. The molecule has 2 rings (SSSR count). The molecule has 2 aromatic heterocycles. The third-order valence-corrected chi connectivity index (χ3v) is 7.43.